The van der Waals surface area contributed by atoms with Gasteiger partial charge in [0.15, 0.2) is 0 Å². The minimum Gasteiger partial charge on any atom is -0.371 e. The fraction of sp³-hybridized carbons (Fsp3) is 0.333. The summed E-state index contributed by atoms with van der Waals surface area (Å²) >= 11 is 0. The average Bonchev–Trinajstić information content (AvgIpc) is 2.86. The molecular weight excluding hydrogens is 158 g/mol. The van der Waals surface area contributed by atoms with Crippen LogP contribution in [0.3, 0.4) is 0 Å². The minimum atomic E-state index is 0.749. The third-order valence-corrected chi connectivity index (χ3v) is 2.41. The maximum absolute atomic E-state index is 2.37. The monoisotopic (exact) mass is 173 g/mol. The first-order chi connectivity index (χ1) is 6.40. The van der Waals surface area contributed by atoms with Crippen LogP contribution < -0.4 is 0 Å². The zero-order valence-electron chi connectivity index (χ0n) is 7.98. The highest BCUT2D eigenvalue weighted by Crippen LogP contribution is 2.21. The second-order valence-corrected chi connectivity index (χ2v) is 3.52. The Bertz CT molecular complexity index is 289. The second-order valence-electron chi connectivity index (χ2n) is 3.52. The molecule has 1 unspecified atom stereocenters. The van der Waals surface area contributed by atoms with Gasteiger partial charge in [-0.2, -0.15) is 0 Å². The fourth-order valence-electron chi connectivity index (χ4n) is 1.64. The minimum absolute atomic E-state index is 0.749. The quantitative estimate of drug-likeness (QED) is 0.634. The predicted octanol–water partition coefficient (Wildman–Crippen LogP) is 2.45. The fourth-order valence-corrected chi connectivity index (χ4v) is 1.64. The molecular formula is C12H15N. The van der Waals surface area contributed by atoms with Crippen molar-refractivity contribution in [1.29, 1.82) is 0 Å². The molecule has 0 radical (unpaired) electrons. The summed E-state index contributed by atoms with van der Waals surface area (Å²) < 4.78 is 0. The molecule has 0 N–H and O–H groups in total. The van der Waals surface area contributed by atoms with Crippen LogP contribution in [0.2, 0.25) is 0 Å². The highest BCUT2D eigenvalue weighted by atomic mass is 15.3. The number of rotatable bonds is 3. The first-order valence-electron chi connectivity index (χ1n) is 4.82. The first kappa shape index (κ1) is 8.36. The lowest BCUT2D eigenvalue weighted by Gasteiger charge is -1.99. The van der Waals surface area contributed by atoms with E-state index in [1.54, 1.807) is 0 Å². The number of benzene rings is 1. The summed E-state index contributed by atoms with van der Waals surface area (Å²) in [5.74, 6) is 0. The second kappa shape index (κ2) is 3.65. The maximum Gasteiger partial charge on any atom is 0.0500 e. The molecule has 1 aromatic rings. The third kappa shape index (κ3) is 2.11. The van der Waals surface area contributed by atoms with Gasteiger partial charge in [-0.1, -0.05) is 36.4 Å². The number of hydrogen-bond acceptors (Lipinski definition) is 1. The topological polar surface area (TPSA) is 3.01 Å². The van der Waals surface area contributed by atoms with Gasteiger partial charge in [-0.05, 0) is 25.1 Å². The lowest BCUT2D eigenvalue weighted by atomic mass is 10.1. The van der Waals surface area contributed by atoms with E-state index in [1.165, 1.54) is 18.5 Å². The van der Waals surface area contributed by atoms with Crippen LogP contribution in [0.1, 0.15) is 12.5 Å². The standard InChI is InChI=1S/C12H15N/c1-2-8-13-10-12(13)9-11-6-4-3-5-7-11/h2-8,12H,9-10H2,1H3/b8-2-. The lowest BCUT2D eigenvalue weighted by molar-refractivity contribution is 0.666. The zero-order chi connectivity index (χ0) is 9.10. The first-order valence-corrected chi connectivity index (χ1v) is 4.82. The van der Waals surface area contributed by atoms with Crippen LogP contribution in [-0.2, 0) is 6.42 Å². The van der Waals surface area contributed by atoms with Crippen molar-refractivity contribution in [3.63, 3.8) is 0 Å². The summed E-state index contributed by atoms with van der Waals surface area (Å²) in [5, 5.41) is 0. The number of nitrogens with zero attached hydrogens (tertiary/aromatic N) is 1. The molecule has 0 aromatic heterocycles. The van der Waals surface area contributed by atoms with Crippen LogP contribution >= 0.6 is 0 Å². The Morgan fingerprint density at radius 2 is 2.15 bits per heavy atom. The highest BCUT2D eigenvalue weighted by molar-refractivity contribution is 5.18. The van der Waals surface area contributed by atoms with Gasteiger partial charge < -0.3 is 4.90 Å². The Kier molecular flexibility index (Phi) is 2.35. The molecule has 1 heterocycles. The van der Waals surface area contributed by atoms with Crippen LogP contribution in [-0.4, -0.2) is 17.5 Å². The van der Waals surface area contributed by atoms with Crippen LogP contribution in [0.15, 0.2) is 42.6 Å². The van der Waals surface area contributed by atoms with E-state index in [9.17, 15) is 0 Å². The van der Waals surface area contributed by atoms with Crippen molar-refractivity contribution in [2.75, 3.05) is 6.54 Å². The lowest BCUT2D eigenvalue weighted by Crippen LogP contribution is -1.97. The largest absolute Gasteiger partial charge is 0.371 e. The molecule has 0 spiro atoms. The molecule has 1 aromatic carbocycles. The molecule has 13 heavy (non-hydrogen) atoms. The van der Waals surface area contributed by atoms with Gasteiger partial charge in [-0.15, -0.1) is 0 Å². The number of allylic oxidation sites excluding steroid dienone is 1. The molecule has 2 rings (SSSR count). The van der Waals surface area contributed by atoms with Crippen molar-refractivity contribution in [3.05, 3.63) is 48.2 Å². The van der Waals surface area contributed by atoms with Gasteiger partial charge in [0.2, 0.25) is 0 Å². The SMILES string of the molecule is C/C=C\N1CC1Cc1ccccc1. The van der Waals surface area contributed by atoms with Gasteiger partial charge in [0, 0.05) is 6.54 Å². The van der Waals surface area contributed by atoms with Crippen LogP contribution in [0.5, 0.6) is 0 Å². The van der Waals surface area contributed by atoms with E-state index in [1.807, 2.05) is 0 Å². The highest BCUT2D eigenvalue weighted by Gasteiger charge is 2.29. The molecule has 1 heteroatoms. The summed E-state index contributed by atoms with van der Waals surface area (Å²) in [6.45, 7) is 3.29. The molecule has 1 fully saturated rings. The van der Waals surface area contributed by atoms with Gasteiger partial charge in [0.25, 0.3) is 0 Å². The Labute approximate surface area is 79.7 Å². The maximum atomic E-state index is 2.37. The molecule has 0 aliphatic carbocycles. The Balaban J connectivity index is 1.88. The zero-order valence-corrected chi connectivity index (χ0v) is 7.98. The molecule has 1 nitrogen and oxygen atoms in total. The molecule has 1 aliphatic heterocycles. The van der Waals surface area contributed by atoms with Crippen LogP contribution in [0, 0.1) is 0 Å². The van der Waals surface area contributed by atoms with Crippen molar-refractivity contribution in [2.24, 2.45) is 0 Å². The molecule has 1 atom stereocenters. The Hall–Kier alpha value is -1.24. The van der Waals surface area contributed by atoms with Crippen LogP contribution in [0.4, 0.5) is 0 Å². The molecule has 1 aliphatic rings. The summed E-state index contributed by atoms with van der Waals surface area (Å²) in [7, 11) is 0. The summed E-state index contributed by atoms with van der Waals surface area (Å²) in [5.41, 5.74) is 1.44. The van der Waals surface area contributed by atoms with Crippen molar-refractivity contribution >= 4 is 0 Å². The van der Waals surface area contributed by atoms with Crippen molar-refractivity contribution in [1.82, 2.24) is 4.90 Å². The summed E-state index contributed by atoms with van der Waals surface area (Å²) in [6.07, 6.45) is 5.46. The molecule has 1 saturated heterocycles. The van der Waals surface area contributed by atoms with E-state index in [2.05, 4.69) is 54.4 Å². The predicted molar refractivity (Wildman–Crippen MR) is 55.5 cm³/mol. The van der Waals surface area contributed by atoms with Gasteiger partial charge in [-0.25, -0.2) is 0 Å². The molecule has 68 valence electrons. The third-order valence-electron chi connectivity index (χ3n) is 2.41. The van der Waals surface area contributed by atoms with Gasteiger partial charge >= 0.3 is 0 Å². The van der Waals surface area contributed by atoms with Gasteiger partial charge in [-0.3, -0.25) is 0 Å². The van der Waals surface area contributed by atoms with Gasteiger partial charge in [0.1, 0.15) is 0 Å². The van der Waals surface area contributed by atoms with E-state index in [4.69, 9.17) is 0 Å². The van der Waals surface area contributed by atoms with Crippen molar-refractivity contribution < 1.29 is 0 Å². The van der Waals surface area contributed by atoms with Crippen molar-refractivity contribution in [2.45, 2.75) is 19.4 Å². The van der Waals surface area contributed by atoms with Crippen molar-refractivity contribution in [3.8, 4) is 0 Å². The Morgan fingerprint density at radius 3 is 2.85 bits per heavy atom. The van der Waals surface area contributed by atoms with Crippen LogP contribution in [0.25, 0.3) is 0 Å². The van der Waals surface area contributed by atoms with E-state index in [0.29, 0.717) is 0 Å². The normalized spacial score (nSPS) is 21.0. The van der Waals surface area contributed by atoms with E-state index in [-0.39, 0.29) is 0 Å². The molecule has 0 bridgehead atoms. The van der Waals surface area contributed by atoms with E-state index < -0.39 is 0 Å². The Morgan fingerprint density at radius 1 is 1.38 bits per heavy atom. The van der Waals surface area contributed by atoms with E-state index in [0.717, 1.165) is 6.04 Å². The number of hydrogen-bond donors (Lipinski definition) is 0. The summed E-state index contributed by atoms with van der Waals surface area (Å²) in [6, 6.07) is 11.4. The molecule has 0 amide bonds. The summed E-state index contributed by atoms with van der Waals surface area (Å²) in [4.78, 5) is 2.37. The molecule has 0 saturated carbocycles. The smallest absolute Gasteiger partial charge is 0.0500 e. The van der Waals surface area contributed by atoms with Gasteiger partial charge in [0.05, 0.1) is 6.04 Å². The average molecular weight is 173 g/mol. The van der Waals surface area contributed by atoms with E-state index >= 15 is 0 Å².